The molecular formula is C41H53ClN2O8. The largest absolute Gasteiger partial charge is 0.490 e. The Balaban J connectivity index is 1.73. The van der Waals surface area contributed by atoms with Crippen LogP contribution in [-0.4, -0.2) is 84.7 Å². The Hall–Kier alpha value is -3.83. The minimum atomic E-state index is -1.36. The molecule has 0 saturated heterocycles. The fourth-order valence-corrected chi connectivity index (χ4v) is 8.16. The van der Waals surface area contributed by atoms with Gasteiger partial charge >= 0.3 is 6.09 Å². The van der Waals surface area contributed by atoms with Gasteiger partial charge in [0.1, 0.15) is 37.4 Å². The number of halogens is 1. The van der Waals surface area contributed by atoms with Crippen LogP contribution in [0, 0.1) is 17.8 Å². The summed E-state index contributed by atoms with van der Waals surface area (Å²) in [5.41, 5.74) is 3.62. The molecule has 2 aromatic carbocycles. The van der Waals surface area contributed by atoms with E-state index >= 15 is 0 Å². The molecule has 0 radical (unpaired) electrons. The summed E-state index contributed by atoms with van der Waals surface area (Å²) in [5, 5.41) is 24.4. The Morgan fingerprint density at radius 2 is 1.81 bits per heavy atom. The first-order chi connectivity index (χ1) is 25.4. The standard InChI is InChI=1S/C41H53ClN2O8/c1-4-22-48-31-17-18-36-34(26-31)38-32(16-10-12-21-46)30(15-9-11-20-45)25-33-35(43-51-28-29-13-7-6-8-14-29)27-37(44(3)40(47)49-24-19-42)41(52-36,39(33)38)50-23-5-2/h4-8,13-14,17-18,25-26,30,32,37-39,45-46H,1-2,9-12,15-16,19-24,27-28H2,3H3/t30-,32+,37-,38+,39+,41+/m0/s1. The summed E-state index contributed by atoms with van der Waals surface area (Å²) in [6.45, 7) is 8.85. The predicted octanol–water partition coefficient (Wildman–Crippen LogP) is 7.39. The average molecular weight is 737 g/mol. The second-order valence-corrected chi connectivity index (χ2v) is 13.9. The molecular weight excluding hydrogens is 684 g/mol. The van der Waals surface area contributed by atoms with E-state index in [1.54, 1.807) is 19.2 Å². The highest BCUT2D eigenvalue weighted by atomic mass is 35.5. The van der Waals surface area contributed by atoms with Crippen molar-refractivity contribution in [3.05, 3.63) is 96.6 Å². The maximum atomic E-state index is 13.6. The molecule has 0 spiro atoms. The number of amides is 1. The second kappa shape index (κ2) is 19.3. The normalized spacial score (nSPS) is 25.2. The van der Waals surface area contributed by atoms with E-state index in [1.165, 1.54) is 4.90 Å². The van der Waals surface area contributed by atoms with Crippen molar-refractivity contribution in [2.24, 2.45) is 22.9 Å². The lowest BCUT2D eigenvalue weighted by Gasteiger charge is -2.59. The molecule has 282 valence electrons. The number of likely N-dealkylation sites (N-methyl/N-ethyl adjacent to an activating group) is 1. The van der Waals surface area contributed by atoms with Crippen LogP contribution in [0.3, 0.4) is 0 Å². The summed E-state index contributed by atoms with van der Waals surface area (Å²) in [5.74, 6) is -0.235. The van der Waals surface area contributed by atoms with E-state index in [0.29, 0.717) is 36.7 Å². The quantitative estimate of drug-likeness (QED) is 0.0626. The fraction of sp³-hybridized carbons (Fsp3) is 0.512. The van der Waals surface area contributed by atoms with E-state index in [0.717, 1.165) is 42.4 Å². The molecule has 10 nitrogen and oxygen atoms in total. The van der Waals surface area contributed by atoms with Crippen LogP contribution in [0.2, 0.25) is 0 Å². The molecule has 3 aliphatic rings. The number of hydrogen-bond acceptors (Lipinski definition) is 9. The molecule has 1 aliphatic heterocycles. The third-order valence-corrected chi connectivity index (χ3v) is 10.5. The smallest absolute Gasteiger partial charge is 0.410 e. The summed E-state index contributed by atoms with van der Waals surface area (Å²) < 4.78 is 25.6. The number of oxime groups is 1. The van der Waals surface area contributed by atoms with Crippen LogP contribution < -0.4 is 9.47 Å². The van der Waals surface area contributed by atoms with Gasteiger partial charge in [-0.05, 0) is 66.9 Å². The molecule has 2 aromatic rings. The summed E-state index contributed by atoms with van der Waals surface area (Å²) in [7, 11) is 1.69. The summed E-state index contributed by atoms with van der Waals surface area (Å²) >= 11 is 5.92. The van der Waals surface area contributed by atoms with Gasteiger partial charge in [0.15, 0.2) is 0 Å². The molecule has 0 unspecified atom stereocenters. The van der Waals surface area contributed by atoms with Crippen molar-refractivity contribution >= 4 is 23.4 Å². The molecule has 0 bridgehead atoms. The van der Waals surface area contributed by atoms with Gasteiger partial charge in [0.25, 0.3) is 0 Å². The number of carbonyl (C=O) groups excluding carboxylic acids is 1. The van der Waals surface area contributed by atoms with Crippen LogP contribution in [0.15, 0.2) is 90.6 Å². The van der Waals surface area contributed by atoms with E-state index < -0.39 is 23.8 Å². The molecule has 1 heterocycles. The van der Waals surface area contributed by atoms with Crippen LogP contribution in [0.25, 0.3) is 0 Å². The number of aliphatic hydroxyl groups excluding tert-OH is 2. The number of carbonyl (C=O) groups is 1. The molecule has 52 heavy (non-hydrogen) atoms. The second-order valence-electron chi connectivity index (χ2n) is 13.5. The Bertz CT molecular complexity index is 1550. The molecule has 0 aromatic heterocycles. The van der Waals surface area contributed by atoms with Crippen molar-refractivity contribution in [1.29, 1.82) is 0 Å². The Labute approximate surface area is 312 Å². The van der Waals surface area contributed by atoms with Gasteiger partial charge in [0, 0.05) is 38.2 Å². The molecule has 6 atom stereocenters. The van der Waals surface area contributed by atoms with E-state index in [4.69, 9.17) is 40.5 Å². The molecule has 1 fully saturated rings. The van der Waals surface area contributed by atoms with Crippen molar-refractivity contribution in [2.75, 3.05) is 46.0 Å². The van der Waals surface area contributed by atoms with Crippen molar-refractivity contribution in [3.8, 4) is 11.5 Å². The number of rotatable bonds is 20. The molecule has 1 amide bonds. The van der Waals surface area contributed by atoms with E-state index in [-0.39, 0.29) is 63.1 Å². The summed E-state index contributed by atoms with van der Waals surface area (Å²) in [4.78, 5) is 21.2. The van der Waals surface area contributed by atoms with Gasteiger partial charge in [-0.25, -0.2) is 4.79 Å². The van der Waals surface area contributed by atoms with E-state index in [1.807, 2.05) is 42.5 Å². The number of nitrogens with zero attached hydrogens (tertiary/aromatic N) is 2. The van der Waals surface area contributed by atoms with Gasteiger partial charge in [-0.2, -0.15) is 0 Å². The van der Waals surface area contributed by atoms with Crippen LogP contribution in [0.5, 0.6) is 11.5 Å². The SMILES string of the molecule is C=CCOc1ccc2c(c1)[C@H]1[C@H](CCCCO)[C@@H](CCCCO)C=C3C(=NOCc4ccccc4)C[C@H](N(C)C(=O)OCCCl)[C@@](OCC=C)(O2)[C@H]31. The van der Waals surface area contributed by atoms with Gasteiger partial charge in [-0.15, -0.1) is 18.2 Å². The van der Waals surface area contributed by atoms with Gasteiger partial charge < -0.3 is 38.9 Å². The lowest BCUT2D eigenvalue weighted by Crippen LogP contribution is -2.69. The maximum absolute atomic E-state index is 13.6. The van der Waals surface area contributed by atoms with E-state index in [9.17, 15) is 15.0 Å². The number of fused-ring (bicyclic) bond motifs is 2. The number of hydrogen-bond donors (Lipinski definition) is 2. The number of aliphatic hydroxyl groups is 2. The van der Waals surface area contributed by atoms with Crippen LogP contribution in [0.4, 0.5) is 4.79 Å². The first-order valence-electron chi connectivity index (χ1n) is 18.4. The monoisotopic (exact) mass is 736 g/mol. The van der Waals surface area contributed by atoms with Crippen LogP contribution in [-0.2, 0) is 20.9 Å². The van der Waals surface area contributed by atoms with Crippen LogP contribution in [0.1, 0.15) is 62.0 Å². The Morgan fingerprint density at radius 1 is 1.06 bits per heavy atom. The van der Waals surface area contributed by atoms with Gasteiger partial charge in [-0.1, -0.05) is 73.1 Å². The molecule has 2 N–H and O–H groups in total. The Morgan fingerprint density at radius 3 is 2.52 bits per heavy atom. The predicted molar refractivity (Wildman–Crippen MR) is 202 cm³/mol. The van der Waals surface area contributed by atoms with Crippen molar-refractivity contribution < 1.29 is 38.8 Å². The molecule has 1 saturated carbocycles. The first-order valence-corrected chi connectivity index (χ1v) is 18.9. The highest BCUT2D eigenvalue weighted by Crippen LogP contribution is 2.61. The fourth-order valence-electron chi connectivity index (χ4n) is 8.09. The van der Waals surface area contributed by atoms with Gasteiger partial charge in [0.2, 0.25) is 5.79 Å². The lowest BCUT2D eigenvalue weighted by atomic mass is 9.55. The van der Waals surface area contributed by atoms with Crippen molar-refractivity contribution in [3.63, 3.8) is 0 Å². The number of allylic oxidation sites excluding steroid dienone is 1. The van der Waals surface area contributed by atoms with Gasteiger partial charge in [-0.3, -0.25) is 0 Å². The molecule has 2 aliphatic carbocycles. The number of ether oxygens (including phenoxy) is 4. The van der Waals surface area contributed by atoms with Crippen molar-refractivity contribution in [2.45, 2.75) is 69.3 Å². The van der Waals surface area contributed by atoms with Gasteiger partial charge in [0.05, 0.1) is 24.1 Å². The number of unbranched alkanes of at least 4 members (excludes halogenated alkanes) is 2. The number of alkyl halides is 1. The zero-order chi connectivity index (χ0) is 36.9. The zero-order valence-electron chi connectivity index (χ0n) is 30.2. The maximum Gasteiger partial charge on any atom is 0.410 e. The average Bonchev–Trinajstić information content (AvgIpc) is 3.17. The van der Waals surface area contributed by atoms with Crippen LogP contribution >= 0.6 is 11.6 Å². The minimum Gasteiger partial charge on any atom is -0.490 e. The summed E-state index contributed by atoms with van der Waals surface area (Å²) in [6.07, 6.45) is 10.1. The topological polar surface area (TPSA) is 119 Å². The van der Waals surface area contributed by atoms with Crippen molar-refractivity contribution in [1.82, 2.24) is 4.90 Å². The van der Waals surface area contributed by atoms with E-state index in [2.05, 4.69) is 25.3 Å². The first kappa shape index (κ1) is 39.4. The lowest BCUT2D eigenvalue weighted by molar-refractivity contribution is -0.253. The Kier molecular flexibility index (Phi) is 14.6. The highest BCUT2D eigenvalue weighted by molar-refractivity contribution is 6.18. The summed E-state index contributed by atoms with van der Waals surface area (Å²) in [6, 6.07) is 15.0. The minimum absolute atomic E-state index is 0.0515. The number of benzene rings is 2. The highest BCUT2D eigenvalue weighted by Gasteiger charge is 2.65. The molecule has 5 rings (SSSR count). The molecule has 11 heteroatoms. The zero-order valence-corrected chi connectivity index (χ0v) is 30.9. The third kappa shape index (κ3) is 8.85. The third-order valence-electron chi connectivity index (χ3n) is 10.3.